The second-order valence-electron chi connectivity index (χ2n) is 8.56. The summed E-state index contributed by atoms with van der Waals surface area (Å²) in [5.74, 6) is -0.334. The van der Waals surface area contributed by atoms with E-state index in [0.717, 1.165) is 17.4 Å². The number of aromatic nitrogens is 2. The molecule has 196 valence electrons. The second-order valence-corrected chi connectivity index (χ2v) is 10.5. The minimum atomic E-state index is -3.84. The zero-order chi connectivity index (χ0) is 26.4. The molecule has 2 heterocycles. The van der Waals surface area contributed by atoms with Gasteiger partial charge in [0, 0.05) is 6.26 Å². The summed E-state index contributed by atoms with van der Waals surface area (Å²) < 4.78 is 56.4. The quantitative estimate of drug-likeness (QED) is 0.285. The minimum Gasteiger partial charge on any atom is -0.381 e. The highest BCUT2D eigenvalue weighted by molar-refractivity contribution is 8.05. The average Bonchev–Trinajstić information content (AvgIpc) is 3.48. The van der Waals surface area contributed by atoms with Crippen LogP contribution in [0, 0.1) is 5.41 Å². The molecule has 4 rings (SSSR count). The standard InChI is InChI=1S/C25H28FN5O5S/c1-37(32,33)25(28)31-23(27)24-29-12-18(30-24)21-20(26)22(35-14-17-10-6-3-7-11-17)19(36-21)15-34-13-16-8-4-2-5-9-16/h2-12,19-22H,13-15H2,1H3,(H,29,30)(H3,27,28,31)/t19-,20+,21+,22-/m1/s1. The Kier molecular flexibility index (Phi) is 8.44. The molecule has 0 saturated carbocycles. The van der Waals surface area contributed by atoms with Crippen LogP contribution >= 0.6 is 0 Å². The van der Waals surface area contributed by atoms with Crippen LogP contribution in [0.1, 0.15) is 28.7 Å². The van der Waals surface area contributed by atoms with Crippen molar-refractivity contribution in [1.29, 1.82) is 5.41 Å². The maximum atomic E-state index is 15.7. The van der Waals surface area contributed by atoms with Gasteiger partial charge in [0.1, 0.15) is 18.3 Å². The van der Waals surface area contributed by atoms with Gasteiger partial charge in [0.25, 0.3) is 0 Å². The molecule has 37 heavy (non-hydrogen) atoms. The molecule has 0 radical (unpaired) electrons. The molecule has 1 fully saturated rings. The van der Waals surface area contributed by atoms with E-state index in [1.165, 1.54) is 6.20 Å². The van der Waals surface area contributed by atoms with Crippen LogP contribution in [0.3, 0.4) is 0 Å². The Hall–Kier alpha value is -3.45. The highest BCUT2D eigenvalue weighted by atomic mass is 32.2. The average molecular weight is 530 g/mol. The first-order valence-corrected chi connectivity index (χ1v) is 13.4. The predicted octanol–water partition coefficient (Wildman–Crippen LogP) is 2.67. The minimum absolute atomic E-state index is 0.00951. The number of halogens is 1. The summed E-state index contributed by atoms with van der Waals surface area (Å²) in [5, 5.41) is 6.60. The van der Waals surface area contributed by atoms with Gasteiger partial charge in [-0.2, -0.15) is 4.99 Å². The molecule has 0 amide bonds. The SMILES string of the molecule is CS(=O)(=O)C(=N)/N=C(/N)c1ncc([C@@H]2O[C@H](COCc3ccccc3)[C@@H](OCc3ccccc3)[C@H]2F)[nH]1. The topological polar surface area (TPSA) is 153 Å². The number of hydrogen-bond donors (Lipinski definition) is 3. The molecule has 1 aliphatic heterocycles. The number of H-pyrrole nitrogens is 1. The summed E-state index contributed by atoms with van der Waals surface area (Å²) in [6.45, 7) is 0.626. The van der Waals surface area contributed by atoms with Crippen molar-refractivity contribution in [2.24, 2.45) is 10.7 Å². The maximum absolute atomic E-state index is 15.7. The third-order valence-electron chi connectivity index (χ3n) is 5.69. The fraction of sp³-hybridized carbons (Fsp3) is 0.320. The van der Waals surface area contributed by atoms with Crippen LogP contribution < -0.4 is 5.73 Å². The van der Waals surface area contributed by atoms with Crippen molar-refractivity contribution < 1.29 is 27.0 Å². The van der Waals surface area contributed by atoms with Gasteiger partial charge in [-0.3, -0.25) is 5.41 Å². The highest BCUT2D eigenvalue weighted by Gasteiger charge is 2.47. The molecule has 0 bridgehead atoms. The van der Waals surface area contributed by atoms with Crippen LogP contribution in [0.2, 0.25) is 0 Å². The Balaban J connectivity index is 1.48. The number of sulfone groups is 1. The lowest BCUT2D eigenvalue weighted by Gasteiger charge is -2.20. The van der Waals surface area contributed by atoms with Gasteiger partial charge in [0.15, 0.2) is 17.8 Å². The zero-order valence-electron chi connectivity index (χ0n) is 20.1. The lowest BCUT2D eigenvalue weighted by atomic mass is 10.1. The number of nitrogens with one attached hydrogen (secondary N) is 2. The van der Waals surface area contributed by atoms with Gasteiger partial charge in [0.2, 0.25) is 15.0 Å². The van der Waals surface area contributed by atoms with Crippen LogP contribution in [0.5, 0.6) is 0 Å². The number of aromatic amines is 1. The Labute approximate surface area is 214 Å². The lowest BCUT2D eigenvalue weighted by molar-refractivity contribution is -0.0740. The van der Waals surface area contributed by atoms with E-state index in [9.17, 15) is 8.42 Å². The number of nitrogens with zero attached hydrogens (tertiary/aromatic N) is 2. The molecule has 1 saturated heterocycles. The summed E-state index contributed by atoms with van der Waals surface area (Å²) in [6.07, 6.45) is -2.07. The Bertz CT molecular complexity index is 1330. The Morgan fingerprint density at radius 2 is 1.76 bits per heavy atom. The largest absolute Gasteiger partial charge is 0.381 e. The predicted molar refractivity (Wildman–Crippen MR) is 136 cm³/mol. The molecule has 0 aliphatic carbocycles. The molecule has 0 unspecified atom stereocenters. The van der Waals surface area contributed by atoms with E-state index in [0.29, 0.717) is 6.61 Å². The first-order chi connectivity index (χ1) is 17.7. The number of aliphatic imine (C=N–C) groups is 1. The number of benzene rings is 2. The molecule has 3 aromatic rings. The van der Waals surface area contributed by atoms with Crippen molar-refractivity contribution in [1.82, 2.24) is 9.97 Å². The van der Waals surface area contributed by atoms with Crippen LogP contribution in [0.25, 0.3) is 0 Å². The molecule has 2 aromatic carbocycles. The number of alkyl halides is 1. The lowest BCUT2D eigenvalue weighted by Crippen LogP contribution is -2.34. The number of rotatable bonds is 9. The number of imidazole rings is 1. The summed E-state index contributed by atoms with van der Waals surface area (Å²) >= 11 is 0. The van der Waals surface area contributed by atoms with Gasteiger partial charge in [0.05, 0.1) is 31.7 Å². The molecule has 4 N–H and O–H groups in total. The molecule has 1 aromatic heterocycles. The molecular formula is C25H28FN5O5S. The van der Waals surface area contributed by atoms with E-state index >= 15 is 4.39 Å². The molecule has 4 atom stereocenters. The number of ether oxygens (including phenoxy) is 3. The van der Waals surface area contributed by atoms with E-state index in [4.69, 9.17) is 25.4 Å². The van der Waals surface area contributed by atoms with E-state index in [1.54, 1.807) is 0 Å². The Morgan fingerprint density at radius 1 is 1.14 bits per heavy atom. The van der Waals surface area contributed by atoms with Gasteiger partial charge >= 0.3 is 0 Å². The smallest absolute Gasteiger partial charge is 0.241 e. The van der Waals surface area contributed by atoms with E-state index in [2.05, 4.69) is 15.0 Å². The Morgan fingerprint density at radius 3 is 2.38 bits per heavy atom. The number of nitrogens with two attached hydrogens (primary N) is 1. The molecule has 1 aliphatic rings. The molecule has 10 nitrogen and oxygen atoms in total. The van der Waals surface area contributed by atoms with Crippen molar-refractivity contribution >= 4 is 20.8 Å². The molecular weight excluding hydrogens is 501 g/mol. The van der Waals surface area contributed by atoms with Crippen LogP contribution in [-0.2, 0) is 37.3 Å². The van der Waals surface area contributed by atoms with E-state index in [-0.39, 0.29) is 30.6 Å². The van der Waals surface area contributed by atoms with Gasteiger partial charge in [-0.25, -0.2) is 17.8 Å². The molecule has 0 spiro atoms. The third kappa shape index (κ3) is 6.86. The molecule has 12 heteroatoms. The number of hydrogen-bond acceptors (Lipinski definition) is 7. The maximum Gasteiger partial charge on any atom is 0.241 e. The van der Waals surface area contributed by atoms with Gasteiger partial charge in [-0.15, -0.1) is 0 Å². The summed E-state index contributed by atoms with van der Waals surface area (Å²) in [7, 11) is -3.84. The van der Waals surface area contributed by atoms with Gasteiger partial charge in [-0.1, -0.05) is 60.7 Å². The van der Waals surface area contributed by atoms with Crippen molar-refractivity contribution in [2.45, 2.75) is 37.7 Å². The van der Waals surface area contributed by atoms with E-state index < -0.39 is 39.5 Å². The zero-order valence-corrected chi connectivity index (χ0v) is 20.9. The first-order valence-electron chi connectivity index (χ1n) is 11.5. The fourth-order valence-electron chi connectivity index (χ4n) is 3.79. The van der Waals surface area contributed by atoms with Crippen molar-refractivity contribution in [3.63, 3.8) is 0 Å². The number of amidine groups is 2. The second kappa shape index (κ2) is 11.7. The fourth-order valence-corrected chi connectivity index (χ4v) is 4.05. The van der Waals surface area contributed by atoms with Crippen LogP contribution in [0.4, 0.5) is 4.39 Å². The first kappa shape index (κ1) is 26.6. The normalized spacial score (nSPS) is 22.3. The highest BCUT2D eigenvalue weighted by Crippen LogP contribution is 2.37. The van der Waals surface area contributed by atoms with Gasteiger partial charge in [-0.05, 0) is 11.1 Å². The third-order valence-corrected chi connectivity index (χ3v) is 6.48. The van der Waals surface area contributed by atoms with Crippen molar-refractivity contribution in [2.75, 3.05) is 12.9 Å². The van der Waals surface area contributed by atoms with Crippen molar-refractivity contribution in [3.05, 3.63) is 89.5 Å². The van der Waals surface area contributed by atoms with Crippen molar-refractivity contribution in [3.8, 4) is 0 Å². The van der Waals surface area contributed by atoms with Gasteiger partial charge < -0.3 is 24.9 Å². The van der Waals surface area contributed by atoms with Crippen LogP contribution in [-0.4, -0.2) is 60.6 Å². The van der Waals surface area contributed by atoms with E-state index in [1.807, 2.05) is 60.7 Å². The monoisotopic (exact) mass is 529 g/mol. The summed E-state index contributed by atoms with van der Waals surface area (Å²) in [5.41, 5.74) is 7.93. The summed E-state index contributed by atoms with van der Waals surface area (Å²) in [6, 6.07) is 19.0. The van der Waals surface area contributed by atoms with Crippen LogP contribution in [0.15, 0.2) is 71.9 Å². The summed E-state index contributed by atoms with van der Waals surface area (Å²) in [4.78, 5) is 10.4.